The average molecular weight is 317 g/mol. The Hall–Kier alpha value is -1.68. The van der Waals surface area contributed by atoms with Crippen LogP contribution in [0.5, 0.6) is 5.75 Å². The van der Waals surface area contributed by atoms with Crippen LogP contribution in [0.4, 0.5) is 5.69 Å². The second-order valence-electron chi connectivity index (χ2n) is 4.25. The van der Waals surface area contributed by atoms with Crippen molar-refractivity contribution in [3.63, 3.8) is 0 Å². The van der Waals surface area contributed by atoms with Gasteiger partial charge < -0.3 is 20.5 Å². The molecule has 0 fully saturated rings. The monoisotopic (exact) mass is 317 g/mol. The number of carbonyl (C=O) groups excluding carboxylic acids is 1. The zero-order valence-corrected chi connectivity index (χ0v) is 12.6. The molecular formula is C12H19N3O5S. The summed E-state index contributed by atoms with van der Waals surface area (Å²) in [6.45, 7) is 0.193. The Morgan fingerprint density at radius 3 is 2.52 bits per heavy atom. The highest BCUT2D eigenvalue weighted by Crippen LogP contribution is 2.27. The third-order valence-corrected chi connectivity index (χ3v) is 3.69. The summed E-state index contributed by atoms with van der Waals surface area (Å²) in [5.41, 5.74) is 5.65. The average Bonchev–Trinajstić information content (AvgIpc) is 2.43. The normalized spacial score (nSPS) is 12.8. The van der Waals surface area contributed by atoms with E-state index in [1.165, 1.54) is 32.4 Å². The van der Waals surface area contributed by atoms with E-state index in [4.69, 9.17) is 20.3 Å². The fourth-order valence-corrected chi connectivity index (χ4v) is 2.17. The van der Waals surface area contributed by atoms with Crippen molar-refractivity contribution in [2.24, 2.45) is 10.9 Å². The number of nitrogens with one attached hydrogen (secondary N) is 1. The SMILES string of the molecule is COc1ccc(S(N)(=O)=O)cc1NC(=O)CC(CN)OC. The lowest BCUT2D eigenvalue weighted by molar-refractivity contribution is -0.118. The van der Waals surface area contributed by atoms with Gasteiger partial charge in [-0.15, -0.1) is 0 Å². The van der Waals surface area contributed by atoms with Gasteiger partial charge in [0.05, 0.1) is 30.2 Å². The zero-order valence-electron chi connectivity index (χ0n) is 11.8. The van der Waals surface area contributed by atoms with Crippen LogP contribution in [0.1, 0.15) is 6.42 Å². The highest BCUT2D eigenvalue weighted by Gasteiger charge is 2.16. The van der Waals surface area contributed by atoms with Crippen molar-refractivity contribution in [1.29, 1.82) is 0 Å². The minimum absolute atomic E-state index is 0.0375. The van der Waals surface area contributed by atoms with Gasteiger partial charge in [-0.25, -0.2) is 13.6 Å². The fraction of sp³-hybridized carbons (Fsp3) is 0.417. The second-order valence-corrected chi connectivity index (χ2v) is 5.81. The van der Waals surface area contributed by atoms with Crippen LogP contribution in [0.15, 0.2) is 23.1 Å². The number of hydrogen-bond donors (Lipinski definition) is 3. The van der Waals surface area contributed by atoms with Crippen molar-refractivity contribution in [1.82, 2.24) is 0 Å². The van der Waals surface area contributed by atoms with Gasteiger partial charge in [0.2, 0.25) is 15.9 Å². The molecule has 0 aliphatic carbocycles. The summed E-state index contributed by atoms with van der Waals surface area (Å²) >= 11 is 0. The molecule has 1 rings (SSSR count). The van der Waals surface area contributed by atoms with E-state index < -0.39 is 16.1 Å². The van der Waals surface area contributed by atoms with Crippen LogP contribution in [0.25, 0.3) is 0 Å². The third-order valence-electron chi connectivity index (χ3n) is 2.78. The summed E-state index contributed by atoms with van der Waals surface area (Å²) < 4.78 is 32.7. The zero-order chi connectivity index (χ0) is 16.0. The molecule has 1 amide bonds. The van der Waals surface area contributed by atoms with E-state index in [2.05, 4.69) is 5.32 Å². The summed E-state index contributed by atoms with van der Waals surface area (Å²) in [6.07, 6.45) is -0.382. The first-order chi connectivity index (χ1) is 9.81. The predicted molar refractivity (Wildman–Crippen MR) is 77.5 cm³/mol. The van der Waals surface area contributed by atoms with Crippen molar-refractivity contribution >= 4 is 21.6 Å². The van der Waals surface area contributed by atoms with Crippen molar-refractivity contribution in [3.8, 4) is 5.75 Å². The topological polar surface area (TPSA) is 134 Å². The van der Waals surface area contributed by atoms with Gasteiger partial charge in [0, 0.05) is 13.7 Å². The second kappa shape index (κ2) is 7.36. The van der Waals surface area contributed by atoms with Gasteiger partial charge in [-0.1, -0.05) is 0 Å². The number of rotatable bonds is 7. The molecule has 9 heteroatoms. The minimum Gasteiger partial charge on any atom is -0.495 e. The number of hydrogen-bond acceptors (Lipinski definition) is 6. The molecule has 118 valence electrons. The summed E-state index contributed by atoms with van der Waals surface area (Å²) in [4.78, 5) is 11.8. The van der Waals surface area contributed by atoms with E-state index in [0.717, 1.165) is 0 Å². The van der Waals surface area contributed by atoms with Gasteiger partial charge in [-0.05, 0) is 18.2 Å². The van der Waals surface area contributed by atoms with Crippen molar-refractivity contribution in [2.45, 2.75) is 17.4 Å². The Balaban J connectivity index is 2.98. The standard InChI is InChI=1S/C12H19N3O5S/c1-19-8(7-13)5-12(16)15-10-6-9(21(14,17)18)3-4-11(10)20-2/h3-4,6,8H,5,7,13H2,1-2H3,(H,15,16)(H2,14,17,18). The molecule has 0 saturated carbocycles. The first-order valence-corrected chi connectivity index (χ1v) is 7.60. The molecule has 1 aromatic rings. The lowest BCUT2D eigenvalue weighted by Crippen LogP contribution is -2.28. The van der Waals surface area contributed by atoms with Crippen LogP contribution >= 0.6 is 0 Å². The number of methoxy groups -OCH3 is 2. The molecule has 21 heavy (non-hydrogen) atoms. The molecule has 0 aliphatic heterocycles. The van der Waals surface area contributed by atoms with Crippen molar-refractivity contribution in [3.05, 3.63) is 18.2 Å². The molecule has 0 heterocycles. The van der Waals surface area contributed by atoms with E-state index >= 15 is 0 Å². The molecule has 0 radical (unpaired) electrons. The number of primary sulfonamides is 1. The molecule has 1 unspecified atom stereocenters. The maximum Gasteiger partial charge on any atom is 0.238 e. The Kier molecular flexibility index (Phi) is 6.09. The Morgan fingerprint density at radius 1 is 1.38 bits per heavy atom. The summed E-state index contributed by atoms with van der Waals surface area (Å²) in [5, 5.41) is 7.61. The molecule has 0 spiro atoms. The molecule has 0 saturated heterocycles. The largest absolute Gasteiger partial charge is 0.495 e. The number of ether oxygens (including phenoxy) is 2. The van der Waals surface area contributed by atoms with E-state index in [1.807, 2.05) is 0 Å². The smallest absolute Gasteiger partial charge is 0.238 e. The lowest BCUT2D eigenvalue weighted by atomic mass is 10.2. The number of sulfonamides is 1. The van der Waals surface area contributed by atoms with E-state index in [1.54, 1.807) is 0 Å². The number of benzene rings is 1. The van der Waals surface area contributed by atoms with Gasteiger partial charge in [-0.2, -0.15) is 0 Å². The van der Waals surface area contributed by atoms with E-state index in [9.17, 15) is 13.2 Å². The summed E-state index contributed by atoms with van der Waals surface area (Å²) in [6, 6.07) is 3.93. The number of nitrogens with two attached hydrogens (primary N) is 2. The van der Waals surface area contributed by atoms with Gasteiger partial charge in [0.1, 0.15) is 5.75 Å². The highest BCUT2D eigenvalue weighted by atomic mass is 32.2. The molecule has 1 aromatic carbocycles. The van der Waals surface area contributed by atoms with Gasteiger partial charge in [0.25, 0.3) is 0 Å². The Morgan fingerprint density at radius 2 is 2.05 bits per heavy atom. The third kappa shape index (κ3) is 4.97. The van der Waals surface area contributed by atoms with Crippen LogP contribution in [0.2, 0.25) is 0 Å². The summed E-state index contributed by atoms with van der Waals surface area (Å²) in [5.74, 6) is -0.0605. The Labute approximate surface area is 123 Å². The molecule has 1 atom stereocenters. The molecule has 5 N–H and O–H groups in total. The lowest BCUT2D eigenvalue weighted by Gasteiger charge is -2.14. The maximum absolute atomic E-state index is 11.9. The molecule has 8 nitrogen and oxygen atoms in total. The number of carbonyl (C=O) groups is 1. The Bertz CT molecular complexity index is 599. The van der Waals surface area contributed by atoms with Crippen molar-refractivity contribution in [2.75, 3.05) is 26.1 Å². The first kappa shape index (κ1) is 17.4. The molecule has 0 bridgehead atoms. The molecule has 0 aliphatic rings. The number of amides is 1. The van der Waals surface area contributed by atoms with Gasteiger partial charge >= 0.3 is 0 Å². The molecular weight excluding hydrogens is 298 g/mol. The first-order valence-electron chi connectivity index (χ1n) is 6.05. The van der Waals surface area contributed by atoms with E-state index in [-0.39, 0.29) is 29.5 Å². The van der Waals surface area contributed by atoms with Crippen LogP contribution in [0.3, 0.4) is 0 Å². The van der Waals surface area contributed by atoms with E-state index in [0.29, 0.717) is 5.75 Å². The quantitative estimate of drug-likeness (QED) is 0.629. The number of anilines is 1. The van der Waals surface area contributed by atoms with Crippen LogP contribution in [0, 0.1) is 0 Å². The fourth-order valence-electron chi connectivity index (χ4n) is 1.63. The van der Waals surface area contributed by atoms with Crippen LogP contribution in [-0.2, 0) is 19.6 Å². The van der Waals surface area contributed by atoms with Gasteiger partial charge in [-0.3, -0.25) is 4.79 Å². The van der Waals surface area contributed by atoms with Crippen molar-refractivity contribution < 1.29 is 22.7 Å². The van der Waals surface area contributed by atoms with Crippen LogP contribution < -0.4 is 20.9 Å². The predicted octanol–water partition coefficient (Wildman–Crippen LogP) is -0.355. The van der Waals surface area contributed by atoms with Crippen LogP contribution in [-0.4, -0.2) is 41.2 Å². The molecule has 0 aromatic heterocycles. The minimum atomic E-state index is -3.87. The highest BCUT2D eigenvalue weighted by molar-refractivity contribution is 7.89. The summed E-state index contributed by atoms with van der Waals surface area (Å²) in [7, 11) is -1.02. The maximum atomic E-state index is 11.9. The van der Waals surface area contributed by atoms with Gasteiger partial charge in [0.15, 0.2) is 0 Å².